The molecular weight excluding hydrogens is 325 g/mol. The monoisotopic (exact) mass is 337 g/mol. The molecule has 1 aromatic rings. The Morgan fingerprint density at radius 3 is 2.35 bits per heavy atom. The van der Waals surface area contributed by atoms with Gasteiger partial charge in [0.25, 0.3) is 0 Å². The first-order valence-corrected chi connectivity index (χ1v) is 8.15. The van der Waals surface area contributed by atoms with Crippen LogP contribution in [0.15, 0.2) is 17.0 Å². The zero-order valence-corrected chi connectivity index (χ0v) is 12.9. The van der Waals surface area contributed by atoms with Crippen LogP contribution in [0.2, 0.25) is 10.0 Å². The van der Waals surface area contributed by atoms with Crippen LogP contribution in [0, 0.1) is 0 Å². The summed E-state index contributed by atoms with van der Waals surface area (Å²) in [5, 5.41) is 8.79. The number of aromatic carboxylic acids is 1. The van der Waals surface area contributed by atoms with E-state index in [2.05, 4.69) is 4.72 Å². The molecule has 0 atom stereocenters. The summed E-state index contributed by atoms with van der Waals surface area (Å²) in [6, 6.07) is 2.11. The zero-order chi connectivity index (χ0) is 15.1. The smallest absolute Gasteiger partial charge is 0.337 e. The molecule has 2 rings (SSSR count). The molecule has 1 fully saturated rings. The SMILES string of the molecule is CC1(NS(=O)(=O)c2cc(C(=O)O)c(Cl)cc2Cl)CCC1. The number of carboxylic acids is 1. The molecular formula is C12H13Cl2NO4S. The number of benzene rings is 1. The molecule has 110 valence electrons. The highest BCUT2D eigenvalue weighted by Gasteiger charge is 2.37. The maximum Gasteiger partial charge on any atom is 0.337 e. The van der Waals surface area contributed by atoms with Crippen LogP contribution in [0.5, 0.6) is 0 Å². The van der Waals surface area contributed by atoms with E-state index in [4.69, 9.17) is 28.3 Å². The van der Waals surface area contributed by atoms with Gasteiger partial charge in [0.2, 0.25) is 10.0 Å². The van der Waals surface area contributed by atoms with Crippen molar-refractivity contribution >= 4 is 39.2 Å². The maximum atomic E-state index is 12.3. The zero-order valence-electron chi connectivity index (χ0n) is 10.6. The molecule has 0 unspecified atom stereocenters. The van der Waals surface area contributed by atoms with Gasteiger partial charge in [0.1, 0.15) is 4.90 Å². The summed E-state index contributed by atoms with van der Waals surface area (Å²) in [7, 11) is -3.89. The van der Waals surface area contributed by atoms with Crippen LogP contribution in [0.1, 0.15) is 36.5 Å². The number of hydrogen-bond acceptors (Lipinski definition) is 3. The second kappa shape index (κ2) is 5.18. The highest BCUT2D eigenvalue weighted by Crippen LogP contribution is 2.35. The Balaban J connectivity index is 2.45. The van der Waals surface area contributed by atoms with Gasteiger partial charge in [-0.15, -0.1) is 0 Å². The van der Waals surface area contributed by atoms with E-state index in [1.54, 1.807) is 6.92 Å². The molecule has 1 aromatic carbocycles. The number of rotatable bonds is 4. The average Bonchev–Trinajstić information content (AvgIpc) is 2.25. The topological polar surface area (TPSA) is 83.5 Å². The number of carbonyl (C=O) groups is 1. The molecule has 0 aromatic heterocycles. The molecule has 0 bridgehead atoms. The van der Waals surface area contributed by atoms with E-state index in [9.17, 15) is 13.2 Å². The Labute approximate surface area is 126 Å². The van der Waals surface area contributed by atoms with Crippen LogP contribution >= 0.6 is 23.2 Å². The summed E-state index contributed by atoms with van der Waals surface area (Å²) in [6.45, 7) is 1.80. The van der Waals surface area contributed by atoms with Gasteiger partial charge >= 0.3 is 5.97 Å². The minimum Gasteiger partial charge on any atom is -0.478 e. The minimum atomic E-state index is -3.89. The normalized spacial score (nSPS) is 17.6. The molecule has 0 aliphatic heterocycles. The predicted molar refractivity (Wildman–Crippen MR) is 76.0 cm³/mol. The molecule has 20 heavy (non-hydrogen) atoms. The molecule has 0 radical (unpaired) electrons. The van der Waals surface area contributed by atoms with Gasteiger partial charge in [-0.1, -0.05) is 23.2 Å². The van der Waals surface area contributed by atoms with Crippen molar-refractivity contribution in [2.75, 3.05) is 0 Å². The molecule has 1 aliphatic rings. The molecule has 0 amide bonds. The Morgan fingerprint density at radius 1 is 1.30 bits per heavy atom. The molecule has 5 nitrogen and oxygen atoms in total. The quantitative estimate of drug-likeness (QED) is 0.884. The van der Waals surface area contributed by atoms with Crippen LogP contribution in [0.3, 0.4) is 0 Å². The summed E-state index contributed by atoms with van der Waals surface area (Å²) in [4.78, 5) is 10.8. The summed E-state index contributed by atoms with van der Waals surface area (Å²) < 4.78 is 27.2. The summed E-state index contributed by atoms with van der Waals surface area (Å²) in [5.74, 6) is -1.31. The lowest BCUT2D eigenvalue weighted by atomic mass is 9.80. The maximum absolute atomic E-state index is 12.3. The van der Waals surface area contributed by atoms with Crippen LogP contribution < -0.4 is 4.72 Å². The van der Waals surface area contributed by atoms with Gasteiger partial charge in [0.05, 0.1) is 15.6 Å². The molecule has 0 saturated heterocycles. The highest BCUT2D eigenvalue weighted by molar-refractivity contribution is 7.89. The fourth-order valence-electron chi connectivity index (χ4n) is 2.09. The molecule has 1 aliphatic carbocycles. The van der Waals surface area contributed by atoms with E-state index >= 15 is 0 Å². The van der Waals surface area contributed by atoms with Crippen LogP contribution in [-0.2, 0) is 10.0 Å². The van der Waals surface area contributed by atoms with Gasteiger partial charge in [-0.2, -0.15) is 0 Å². The second-order valence-corrected chi connectivity index (χ2v) is 7.55. The lowest BCUT2D eigenvalue weighted by Crippen LogP contribution is -2.50. The van der Waals surface area contributed by atoms with Crippen molar-refractivity contribution in [3.8, 4) is 0 Å². The van der Waals surface area contributed by atoms with Crippen molar-refractivity contribution in [2.24, 2.45) is 0 Å². The van der Waals surface area contributed by atoms with E-state index < -0.39 is 21.5 Å². The fourth-order valence-corrected chi connectivity index (χ4v) is 4.41. The standard InChI is InChI=1S/C12H13Cl2NO4S/c1-12(3-2-4-12)15-20(18,19)10-5-7(11(16)17)8(13)6-9(10)14/h5-6,15H,2-4H2,1H3,(H,16,17). The van der Waals surface area contributed by atoms with Crippen molar-refractivity contribution in [1.29, 1.82) is 0 Å². The van der Waals surface area contributed by atoms with E-state index in [1.807, 2.05) is 0 Å². The highest BCUT2D eigenvalue weighted by atomic mass is 35.5. The summed E-state index contributed by atoms with van der Waals surface area (Å²) in [6.07, 6.45) is 2.43. The Kier molecular flexibility index (Phi) is 4.03. The van der Waals surface area contributed by atoms with Gasteiger partial charge < -0.3 is 5.11 Å². The lowest BCUT2D eigenvalue weighted by Gasteiger charge is -2.38. The second-order valence-electron chi connectivity index (χ2n) is 5.09. The van der Waals surface area contributed by atoms with Gasteiger partial charge in [-0.05, 0) is 38.3 Å². The Hall–Kier alpha value is -0.820. The Bertz CT molecular complexity index is 668. The number of halogens is 2. The van der Waals surface area contributed by atoms with Crippen molar-refractivity contribution in [3.05, 3.63) is 27.7 Å². The number of nitrogens with one attached hydrogen (secondary N) is 1. The summed E-state index contributed by atoms with van der Waals surface area (Å²) >= 11 is 11.6. The lowest BCUT2D eigenvalue weighted by molar-refractivity contribution is 0.0697. The first-order valence-electron chi connectivity index (χ1n) is 5.91. The third-order valence-electron chi connectivity index (χ3n) is 3.38. The van der Waals surface area contributed by atoms with Crippen molar-refractivity contribution in [1.82, 2.24) is 4.72 Å². The van der Waals surface area contributed by atoms with E-state index in [0.717, 1.165) is 31.4 Å². The van der Waals surface area contributed by atoms with Gasteiger partial charge in [-0.3, -0.25) is 0 Å². The third kappa shape index (κ3) is 2.93. The fraction of sp³-hybridized carbons (Fsp3) is 0.417. The Morgan fingerprint density at radius 2 is 1.90 bits per heavy atom. The third-order valence-corrected chi connectivity index (χ3v) is 5.80. The molecule has 1 saturated carbocycles. The average molecular weight is 338 g/mol. The van der Waals surface area contributed by atoms with Crippen molar-refractivity contribution < 1.29 is 18.3 Å². The number of carboxylic acid groups (broad SMARTS) is 1. The molecule has 2 N–H and O–H groups in total. The van der Waals surface area contributed by atoms with Gasteiger partial charge in [0.15, 0.2) is 0 Å². The first kappa shape index (κ1) is 15.6. The van der Waals surface area contributed by atoms with Crippen molar-refractivity contribution in [2.45, 2.75) is 36.6 Å². The number of hydrogen-bond donors (Lipinski definition) is 2. The molecule has 0 heterocycles. The van der Waals surface area contributed by atoms with Gasteiger partial charge in [0, 0.05) is 5.54 Å². The minimum absolute atomic E-state index is 0.101. The van der Waals surface area contributed by atoms with E-state index in [-0.39, 0.29) is 20.5 Å². The summed E-state index contributed by atoms with van der Waals surface area (Å²) in [5.41, 5.74) is -0.791. The van der Waals surface area contributed by atoms with E-state index in [1.165, 1.54) is 0 Å². The van der Waals surface area contributed by atoms with Crippen LogP contribution in [0.25, 0.3) is 0 Å². The largest absolute Gasteiger partial charge is 0.478 e. The van der Waals surface area contributed by atoms with E-state index in [0.29, 0.717) is 0 Å². The molecule has 0 spiro atoms. The van der Waals surface area contributed by atoms with Gasteiger partial charge in [-0.25, -0.2) is 17.9 Å². The van der Waals surface area contributed by atoms with Crippen LogP contribution in [0.4, 0.5) is 0 Å². The van der Waals surface area contributed by atoms with Crippen molar-refractivity contribution in [3.63, 3.8) is 0 Å². The predicted octanol–water partition coefficient (Wildman–Crippen LogP) is 2.91. The molecule has 8 heteroatoms. The number of sulfonamides is 1. The first-order chi connectivity index (χ1) is 9.15. The van der Waals surface area contributed by atoms with Crippen LogP contribution in [-0.4, -0.2) is 25.0 Å².